The maximum absolute atomic E-state index is 6.02. The van der Waals surface area contributed by atoms with Crippen molar-refractivity contribution in [2.45, 2.75) is 27.2 Å². The van der Waals surface area contributed by atoms with Gasteiger partial charge in [0.2, 0.25) is 0 Å². The Labute approximate surface area is 102 Å². The standard InChI is InChI=1S/C16H16O/c1-10-4-5-15-13(7-10)9-14-8-11(2)6-12(3)16(14)17-15/h4-8H,9H2,1-3H3. The van der Waals surface area contributed by atoms with Gasteiger partial charge in [0.15, 0.2) is 0 Å². The van der Waals surface area contributed by atoms with Crippen molar-refractivity contribution < 1.29 is 4.74 Å². The molecule has 2 aromatic carbocycles. The molecule has 3 rings (SSSR count). The van der Waals surface area contributed by atoms with Crippen molar-refractivity contribution in [3.05, 3.63) is 58.1 Å². The van der Waals surface area contributed by atoms with Gasteiger partial charge < -0.3 is 4.74 Å². The van der Waals surface area contributed by atoms with Crippen molar-refractivity contribution in [3.8, 4) is 11.5 Å². The van der Waals surface area contributed by atoms with Gasteiger partial charge in [-0.3, -0.25) is 0 Å². The molecule has 0 N–H and O–H groups in total. The lowest BCUT2D eigenvalue weighted by molar-refractivity contribution is 0.456. The first-order valence-corrected chi connectivity index (χ1v) is 6.01. The molecular formula is C16H16O. The van der Waals surface area contributed by atoms with Gasteiger partial charge in [-0.25, -0.2) is 0 Å². The fourth-order valence-corrected chi connectivity index (χ4v) is 2.58. The monoisotopic (exact) mass is 224 g/mol. The molecule has 1 heteroatoms. The number of ether oxygens (including phenoxy) is 1. The second-order valence-corrected chi connectivity index (χ2v) is 4.96. The van der Waals surface area contributed by atoms with E-state index in [1.54, 1.807) is 0 Å². The van der Waals surface area contributed by atoms with Gasteiger partial charge in [0.1, 0.15) is 11.5 Å². The normalized spacial score (nSPS) is 12.6. The predicted molar refractivity (Wildman–Crippen MR) is 70.0 cm³/mol. The maximum Gasteiger partial charge on any atom is 0.133 e. The molecule has 0 saturated carbocycles. The van der Waals surface area contributed by atoms with Gasteiger partial charge in [0, 0.05) is 6.42 Å². The molecule has 0 aliphatic carbocycles. The van der Waals surface area contributed by atoms with E-state index in [1.807, 2.05) is 0 Å². The van der Waals surface area contributed by atoms with E-state index in [0.717, 1.165) is 17.9 Å². The number of fused-ring (bicyclic) bond motifs is 2. The molecule has 0 unspecified atom stereocenters. The van der Waals surface area contributed by atoms with E-state index in [9.17, 15) is 0 Å². The van der Waals surface area contributed by atoms with E-state index in [0.29, 0.717) is 0 Å². The number of hydrogen-bond donors (Lipinski definition) is 0. The molecule has 2 aromatic rings. The van der Waals surface area contributed by atoms with Crippen LogP contribution in [0, 0.1) is 20.8 Å². The summed E-state index contributed by atoms with van der Waals surface area (Å²) in [4.78, 5) is 0. The van der Waals surface area contributed by atoms with E-state index in [4.69, 9.17) is 4.74 Å². The molecule has 1 heterocycles. The van der Waals surface area contributed by atoms with E-state index in [2.05, 4.69) is 51.1 Å². The van der Waals surface area contributed by atoms with Crippen molar-refractivity contribution in [1.82, 2.24) is 0 Å². The molecule has 1 aliphatic rings. The minimum absolute atomic E-state index is 0.981. The second kappa shape index (κ2) is 3.63. The van der Waals surface area contributed by atoms with Crippen LogP contribution in [0.15, 0.2) is 30.3 Å². The third kappa shape index (κ3) is 1.72. The first-order valence-electron chi connectivity index (χ1n) is 6.01. The van der Waals surface area contributed by atoms with Crippen molar-refractivity contribution >= 4 is 0 Å². The first-order chi connectivity index (χ1) is 8.13. The Morgan fingerprint density at radius 3 is 2.47 bits per heavy atom. The summed E-state index contributed by atoms with van der Waals surface area (Å²) < 4.78 is 6.02. The maximum atomic E-state index is 6.02. The SMILES string of the molecule is Cc1ccc2c(c1)Cc1cc(C)cc(C)c1O2. The molecule has 1 nitrogen and oxygen atoms in total. The van der Waals surface area contributed by atoms with Crippen molar-refractivity contribution in [2.75, 3.05) is 0 Å². The summed E-state index contributed by atoms with van der Waals surface area (Å²) in [6.45, 7) is 6.38. The highest BCUT2D eigenvalue weighted by molar-refractivity contribution is 5.54. The third-order valence-corrected chi connectivity index (χ3v) is 3.30. The van der Waals surface area contributed by atoms with Crippen LogP contribution in [0.25, 0.3) is 0 Å². The van der Waals surface area contributed by atoms with Crippen LogP contribution in [0.3, 0.4) is 0 Å². The fraction of sp³-hybridized carbons (Fsp3) is 0.250. The van der Waals surface area contributed by atoms with Crippen molar-refractivity contribution in [1.29, 1.82) is 0 Å². The van der Waals surface area contributed by atoms with Gasteiger partial charge in [-0.1, -0.05) is 35.4 Å². The lowest BCUT2D eigenvalue weighted by Crippen LogP contribution is -2.05. The predicted octanol–water partition coefficient (Wildman–Crippen LogP) is 4.31. The second-order valence-electron chi connectivity index (χ2n) is 4.96. The number of hydrogen-bond acceptors (Lipinski definition) is 1. The van der Waals surface area contributed by atoms with Gasteiger partial charge in [0.05, 0.1) is 0 Å². The fourth-order valence-electron chi connectivity index (χ4n) is 2.58. The van der Waals surface area contributed by atoms with Crippen molar-refractivity contribution in [3.63, 3.8) is 0 Å². The molecule has 0 aromatic heterocycles. The summed E-state index contributed by atoms with van der Waals surface area (Å²) in [6.07, 6.45) is 0.981. The van der Waals surface area contributed by atoms with E-state index in [-0.39, 0.29) is 0 Å². The first kappa shape index (κ1) is 10.4. The molecule has 0 saturated heterocycles. The van der Waals surface area contributed by atoms with Crippen LogP contribution in [0.5, 0.6) is 11.5 Å². The Morgan fingerprint density at radius 1 is 0.882 bits per heavy atom. The van der Waals surface area contributed by atoms with Crippen LogP contribution in [0.4, 0.5) is 0 Å². The quantitative estimate of drug-likeness (QED) is 0.553. The summed E-state index contributed by atoms with van der Waals surface area (Å²) in [7, 11) is 0. The number of benzene rings is 2. The lowest BCUT2D eigenvalue weighted by atomic mass is 9.95. The minimum atomic E-state index is 0.981. The van der Waals surface area contributed by atoms with Gasteiger partial charge in [-0.2, -0.15) is 0 Å². The highest BCUT2D eigenvalue weighted by atomic mass is 16.5. The van der Waals surface area contributed by atoms with Crippen LogP contribution in [-0.2, 0) is 6.42 Å². The number of aryl methyl sites for hydroxylation is 3. The van der Waals surface area contributed by atoms with Gasteiger partial charge >= 0.3 is 0 Å². The molecule has 1 aliphatic heterocycles. The third-order valence-electron chi connectivity index (χ3n) is 3.30. The molecule has 0 atom stereocenters. The van der Waals surface area contributed by atoms with Crippen LogP contribution in [-0.4, -0.2) is 0 Å². The van der Waals surface area contributed by atoms with Gasteiger partial charge in [-0.15, -0.1) is 0 Å². The Kier molecular flexibility index (Phi) is 2.22. The highest BCUT2D eigenvalue weighted by Gasteiger charge is 2.18. The molecule has 86 valence electrons. The molecule has 0 amide bonds. The largest absolute Gasteiger partial charge is 0.456 e. The average molecular weight is 224 g/mol. The summed E-state index contributed by atoms with van der Waals surface area (Å²) in [5.74, 6) is 2.06. The zero-order chi connectivity index (χ0) is 12.0. The molecule has 17 heavy (non-hydrogen) atoms. The zero-order valence-corrected chi connectivity index (χ0v) is 10.5. The Morgan fingerprint density at radius 2 is 1.65 bits per heavy atom. The zero-order valence-electron chi connectivity index (χ0n) is 10.5. The smallest absolute Gasteiger partial charge is 0.133 e. The minimum Gasteiger partial charge on any atom is -0.456 e. The molecule has 0 spiro atoms. The summed E-state index contributed by atoms with van der Waals surface area (Å²) >= 11 is 0. The Balaban J connectivity index is 2.14. The number of rotatable bonds is 0. The lowest BCUT2D eigenvalue weighted by Gasteiger charge is -2.22. The average Bonchev–Trinajstić information content (AvgIpc) is 2.26. The Hall–Kier alpha value is -1.76. The molecule has 0 fully saturated rings. The molecule has 0 bridgehead atoms. The van der Waals surface area contributed by atoms with Crippen LogP contribution in [0.1, 0.15) is 27.8 Å². The summed E-state index contributed by atoms with van der Waals surface area (Å²) in [5, 5.41) is 0. The topological polar surface area (TPSA) is 9.23 Å². The molecular weight excluding hydrogens is 208 g/mol. The summed E-state index contributed by atoms with van der Waals surface area (Å²) in [5.41, 5.74) is 6.43. The van der Waals surface area contributed by atoms with Crippen LogP contribution >= 0.6 is 0 Å². The Bertz CT molecular complexity index is 597. The van der Waals surface area contributed by atoms with E-state index < -0.39 is 0 Å². The van der Waals surface area contributed by atoms with Gasteiger partial charge in [-0.05, 0) is 43.5 Å². The summed E-state index contributed by atoms with van der Waals surface area (Å²) in [6, 6.07) is 10.8. The molecule has 0 radical (unpaired) electrons. The van der Waals surface area contributed by atoms with E-state index >= 15 is 0 Å². The van der Waals surface area contributed by atoms with Crippen LogP contribution in [0.2, 0.25) is 0 Å². The van der Waals surface area contributed by atoms with E-state index in [1.165, 1.54) is 27.8 Å². The highest BCUT2D eigenvalue weighted by Crippen LogP contribution is 2.39. The van der Waals surface area contributed by atoms with Gasteiger partial charge in [0.25, 0.3) is 0 Å². The van der Waals surface area contributed by atoms with Crippen molar-refractivity contribution in [2.24, 2.45) is 0 Å². The van der Waals surface area contributed by atoms with Crippen LogP contribution < -0.4 is 4.74 Å².